The lowest BCUT2D eigenvalue weighted by atomic mass is 10.3. The molecule has 9 nitrogen and oxygen atoms in total. The molecule has 2 aromatic heterocycles. The maximum Gasteiger partial charge on any atom is 0.245 e. The van der Waals surface area contributed by atoms with Gasteiger partial charge in [0, 0.05) is 45.1 Å². The largest absolute Gasteiger partial charge is 0.360 e. The number of sulfonamides is 1. The fourth-order valence-corrected chi connectivity index (χ4v) is 4.46. The Morgan fingerprint density at radius 3 is 2.46 bits per heavy atom. The summed E-state index contributed by atoms with van der Waals surface area (Å²) in [5.41, 5.74) is 0.384. The molecule has 10 heteroatoms. The fraction of sp³-hybridized carbons (Fsp3) is 0.562. The van der Waals surface area contributed by atoms with Gasteiger partial charge in [-0.2, -0.15) is 0 Å². The van der Waals surface area contributed by atoms with Crippen molar-refractivity contribution in [2.45, 2.75) is 25.2 Å². The Morgan fingerprint density at radius 1 is 1.15 bits per heavy atom. The van der Waals surface area contributed by atoms with Crippen molar-refractivity contribution < 1.29 is 12.9 Å². The molecule has 0 amide bonds. The molecule has 0 aliphatic carbocycles. The summed E-state index contributed by atoms with van der Waals surface area (Å²) in [4.78, 5) is 13.2. The van der Waals surface area contributed by atoms with E-state index in [0.29, 0.717) is 18.0 Å². The van der Waals surface area contributed by atoms with E-state index in [9.17, 15) is 8.42 Å². The number of hydrogen-bond donors (Lipinski definition) is 1. The Balaban J connectivity index is 1.41. The zero-order valence-corrected chi connectivity index (χ0v) is 15.9. The topological polar surface area (TPSA) is 104 Å². The van der Waals surface area contributed by atoms with Crippen molar-refractivity contribution in [3.05, 3.63) is 29.9 Å². The van der Waals surface area contributed by atoms with Crippen LogP contribution in [0, 0.1) is 13.8 Å². The summed E-state index contributed by atoms with van der Waals surface area (Å²) >= 11 is 0. The van der Waals surface area contributed by atoms with Gasteiger partial charge in [-0.15, -0.1) is 0 Å². The van der Waals surface area contributed by atoms with E-state index in [2.05, 4.69) is 29.6 Å². The van der Waals surface area contributed by atoms with Crippen LogP contribution in [0.3, 0.4) is 0 Å². The van der Waals surface area contributed by atoms with Crippen molar-refractivity contribution >= 4 is 16.0 Å². The van der Waals surface area contributed by atoms with Crippen LogP contribution in [0.25, 0.3) is 0 Å². The maximum atomic E-state index is 12.3. The molecule has 1 aliphatic heterocycles. The molecule has 0 bridgehead atoms. The highest BCUT2D eigenvalue weighted by atomic mass is 32.2. The van der Waals surface area contributed by atoms with Crippen LogP contribution in [0.2, 0.25) is 0 Å². The number of aromatic nitrogens is 3. The molecule has 1 saturated heterocycles. The monoisotopic (exact) mass is 380 g/mol. The molecule has 26 heavy (non-hydrogen) atoms. The van der Waals surface area contributed by atoms with E-state index in [4.69, 9.17) is 4.52 Å². The number of rotatable bonds is 7. The third kappa shape index (κ3) is 4.37. The van der Waals surface area contributed by atoms with Gasteiger partial charge in [0.05, 0.1) is 0 Å². The fourth-order valence-electron chi connectivity index (χ4n) is 3.07. The number of nitrogens with zero attached hydrogens (tertiary/aromatic N) is 5. The molecule has 3 heterocycles. The molecule has 1 fully saturated rings. The van der Waals surface area contributed by atoms with Crippen molar-refractivity contribution in [1.29, 1.82) is 0 Å². The van der Waals surface area contributed by atoms with Gasteiger partial charge >= 0.3 is 0 Å². The smallest absolute Gasteiger partial charge is 0.245 e. The highest BCUT2D eigenvalue weighted by Gasteiger charge is 2.24. The highest BCUT2D eigenvalue weighted by Crippen LogP contribution is 2.18. The molecule has 0 radical (unpaired) electrons. The Bertz CT molecular complexity index is 796. The van der Waals surface area contributed by atoms with Crippen molar-refractivity contribution in [3.8, 4) is 0 Å². The summed E-state index contributed by atoms with van der Waals surface area (Å²) < 4.78 is 32.3. The number of piperazine rings is 1. The summed E-state index contributed by atoms with van der Waals surface area (Å²) in [5, 5.41) is 3.70. The van der Waals surface area contributed by atoms with Gasteiger partial charge in [-0.25, -0.2) is 23.1 Å². The molecule has 2 aromatic rings. The average molecular weight is 380 g/mol. The molecule has 1 N–H and O–H groups in total. The first-order chi connectivity index (χ1) is 12.5. The SMILES string of the molecule is Cc1noc(C)c1S(=O)(=O)NCCCN1CCN(c2ncccn2)CC1. The zero-order valence-electron chi connectivity index (χ0n) is 15.1. The first-order valence-electron chi connectivity index (χ1n) is 8.64. The van der Waals surface area contributed by atoms with E-state index >= 15 is 0 Å². The van der Waals surface area contributed by atoms with Gasteiger partial charge < -0.3 is 9.42 Å². The first-order valence-corrected chi connectivity index (χ1v) is 10.1. The molecular weight excluding hydrogens is 356 g/mol. The highest BCUT2D eigenvalue weighted by molar-refractivity contribution is 7.89. The minimum Gasteiger partial charge on any atom is -0.360 e. The number of hydrogen-bond acceptors (Lipinski definition) is 8. The molecule has 0 unspecified atom stereocenters. The minimum absolute atomic E-state index is 0.147. The molecule has 142 valence electrons. The zero-order chi connectivity index (χ0) is 18.6. The summed E-state index contributed by atoms with van der Waals surface area (Å²) in [5.74, 6) is 1.08. The molecule has 1 aliphatic rings. The second kappa shape index (κ2) is 8.11. The van der Waals surface area contributed by atoms with E-state index < -0.39 is 10.0 Å². The molecule has 0 saturated carbocycles. The Hall–Kier alpha value is -2.04. The van der Waals surface area contributed by atoms with Crippen LogP contribution in [0.4, 0.5) is 5.95 Å². The second-order valence-electron chi connectivity index (χ2n) is 6.28. The predicted octanol–water partition coefficient (Wildman–Crippen LogP) is 0.572. The molecule has 0 spiro atoms. The van der Waals surface area contributed by atoms with Gasteiger partial charge in [-0.1, -0.05) is 5.16 Å². The van der Waals surface area contributed by atoms with E-state index in [1.165, 1.54) is 0 Å². The van der Waals surface area contributed by atoms with Gasteiger partial charge in [0.15, 0.2) is 5.76 Å². The predicted molar refractivity (Wildman–Crippen MR) is 96.5 cm³/mol. The third-order valence-corrected chi connectivity index (χ3v) is 6.09. The van der Waals surface area contributed by atoms with Crippen LogP contribution < -0.4 is 9.62 Å². The molecule has 3 rings (SSSR count). The molecule has 0 atom stereocenters. The van der Waals surface area contributed by atoms with E-state index in [1.54, 1.807) is 26.2 Å². The van der Waals surface area contributed by atoms with E-state index in [0.717, 1.165) is 45.1 Å². The van der Waals surface area contributed by atoms with Crippen molar-refractivity contribution in [1.82, 2.24) is 24.7 Å². The molecular formula is C16H24N6O3S. The Kier molecular flexibility index (Phi) is 5.84. The van der Waals surface area contributed by atoms with Crippen LogP contribution in [0.1, 0.15) is 17.9 Å². The van der Waals surface area contributed by atoms with Crippen molar-refractivity contribution in [2.24, 2.45) is 0 Å². The number of nitrogens with one attached hydrogen (secondary N) is 1. The number of anilines is 1. The van der Waals surface area contributed by atoms with Crippen LogP contribution in [-0.2, 0) is 10.0 Å². The van der Waals surface area contributed by atoms with E-state index in [-0.39, 0.29) is 4.90 Å². The Morgan fingerprint density at radius 2 is 1.85 bits per heavy atom. The lowest BCUT2D eigenvalue weighted by Gasteiger charge is -2.34. The lowest BCUT2D eigenvalue weighted by molar-refractivity contribution is 0.254. The normalized spacial score (nSPS) is 16.2. The summed E-state index contributed by atoms with van der Waals surface area (Å²) in [6.07, 6.45) is 4.24. The Labute approximate surface area is 153 Å². The summed E-state index contributed by atoms with van der Waals surface area (Å²) in [7, 11) is -3.58. The van der Waals surface area contributed by atoms with Crippen LogP contribution >= 0.6 is 0 Å². The molecule has 0 aromatic carbocycles. The summed E-state index contributed by atoms with van der Waals surface area (Å²) in [6.45, 7) is 8.01. The quantitative estimate of drug-likeness (QED) is 0.695. The van der Waals surface area contributed by atoms with Gasteiger partial charge in [0.2, 0.25) is 16.0 Å². The number of aryl methyl sites for hydroxylation is 2. The lowest BCUT2D eigenvalue weighted by Crippen LogP contribution is -2.47. The van der Waals surface area contributed by atoms with E-state index in [1.807, 2.05) is 6.07 Å². The minimum atomic E-state index is -3.58. The maximum absolute atomic E-state index is 12.3. The van der Waals surface area contributed by atoms with Gasteiger partial charge in [-0.3, -0.25) is 4.90 Å². The van der Waals surface area contributed by atoms with Gasteiger partial charge in [0.1, 0.15) is 10.6 Å². The van der Waals surface area contributed by atoms with Gasteiger partial charge in [0.25, 0.3) is 0 Å². The van der Waals surface area contributed by atoms with Gasteiger partial charge in [-0.05, 0) is 32.9 Å². The van der Waals surface area contributed by atoms with Crippen molar-refractivity contribution in [3.63, 3.8) is 0 Å². The van der Waals surface area contributed by atoms with Crippen LogP contribution in [0.5, 0.6) is 0 Å². The standard InChI is InChI=1S/C16H24N6O3S/c1-13-15(14(2)25-20-13)26(23,24)19-7-4-8-21-9-11-22(12-10-21)16-17-5-3-6-18-16/h3,5-6,19H,4,7-12H2,1-2H3. The van der Waals surface area contributed by atoms with Crippen LogP contribution in [-0.4, -0.2) is 67.7 Å². The second-order valence-corrected chi connectivity index (χ2v) is 7.99. The average Bonchev–Trinajstić information content (AvgIpc) is 2.99. The summed E-state index contributed by atoms with van der Waals surface area (Å²) in [6, 6.07) is 1.81. The third-order valence-electron chi connectivity index (χ3n) is 4.39. The van der Waals surface area contributed by atoms with Crippen molar-refractivity contribution in [2.75, 3.05) is 44.2 Å². The first kappa shape index (κ1) is 18.7. The van der Waals surface area contributed by atoms with Crippen LogP contribution in [0.15, 0.2) is 27.9 Å².